The predicted octanol–water partition coefficient (Wildman–Crippen LogP) is 2.69. The molecule has 3 nitrogen and oxygen atoms in total. The molecule has 0 aliphatic heterocycles. The summed E-state index contributed by atoms with van der Waals surface area (Å²) in [7, 11) is 1.71. The minimum atomic E-state index is -0.446. The van der Waals surface area contributed by atoms with E-state index in [2.05, 4.69) is 44.7 Å². The van der Waals surface area contributed by atoms with E-state index in [1.165, 1.54) is 11.1 Å². The minimum Gasteiger partial charge on any atom is -0.387 e. The lowest BCUT2D eigenvalue weighted by molar-refractivity contribution is 0.0721. The standard InChI is InChI=1S/C16H27NO2/c1-12(2)17(8-9-19-5)11-16(18)15-7-6-13(3)14(4)10-15/h6-7,10,12,16,18H,8-9,11H2,1-5H3. The van der Waals surface area contributed by atoms with E-state index >= 15 is 0 Å². The molecule has 1 aromatic rings. The van der Waals surface area contributed by atoms with Crippen molar-refractivity contribution in [3.63, 3.8) is 0 Å². The van der Waals surface area contributed by atoms with Gasteiger partial charge in [0.2, 0.25) is 0 Å². The van der Waals surface area contributed by atoms with Crippen molar-refractivity contribution in [2.45, 2.75) is 39.8 Å². The lowest BCUT2D eigenvalue weighted by Crippen LogP contribution is -2.37. The fourth-order valence-corrected chi connectivity index (χ4v) is 2.07. The molecule has 1 N–H and O–H groups in total. The van der Waals surface area contributed by atoms with Crippen LogP contribution in [0.5, 0.6) is 0 Å². The van der Waals surface area contributed by atoms with Gasteiger partial charge in [-0.1, -0.05) is 18.2 Å². The van der Waals surface area contributed by atoms with Crippen molar-refractivity contribution in [2.75, 3.05) is 26.8 Å². The second kappa shape index (κ2) is 7.63. The number of methoxy groups -OCH3 is 1. The number of benzene rings is 1. The SMILES string of the molecule is COCCN(CC(O)c1ccc(C)c(C)c1)C(C)C. The number of aliphatic hydroxyl groups excluding tert-OH is 1. The summed E-state index contributed by atoms with van der Waals surface area (Å²) in [6.07, 6.45) is -0.446. The number of aliphatic hydroxyl groups is 1. The summed E-state index contributed by atoms with van der Waals surface area (Å²) < 4.78 is 5.12. The lowest BCUT2D eigenvalue weighted by Gasteiger charge is -2.28. The van der Waals surface area contributed by atoms with E-state index in [0.717, 1.165) is 12.1 Å². The lowest BCUT2D eigenvalue weighted by atomic mass is 10.0. The Labute approximate surface area is 117 Å². The zero-order valence-electron chi connectivity index (χ0n) is 12.8. The summed E-state index contributed by atoms with van der Waals surface area (Å²) in [5, 5.41) is 10.4. The van der Waals surface area contributed by atoms with E-state index in [4.69, 9.17) is 4.74 Å². The second-order valence-corrected chi connectivity index (χ2v) is 5.44. The number of nitrogens with zero attached hydrogens (tertiary/aromatic N) is 1. The molecule has 0 bridgehead atoms. The maximum atomic E-state index is 10.4. The van der Waals surface area contributed by atoms with Gasteiger partial charge in [-0.05, 0) is 44.4 Å². The molecular formula is C16H27NO2. The van der Waals surface area contributed by atoms with Crippen LogP contribution in [-0.2, 0) is 4.74 Å². The van der Waals surface area contributed by atoms with Gasteiger partial charge in [-0.25, -0.2) is 0 Å². The van der Waals surface area contributed by atoms with Crippen molar-refractivity contribution >= 4 is 0 Å². The first kappa shape index (κ1) is 16.2. The summed E-state index contributed by atoms with van der Waals surface area (Å²) in [5.41, 5.74) is 3.48. The fourth-order valence-electron chi connectivity index (χ4n) is 2.07. The Balaban J connectivity index is 2.69. The van der Waals surface area contributed by atoms with Crippen molar-refractivity contribution in [2.24, 2.45) is 0 Å². The highest BCUT2D eigenvalue weighted by molar-refractivity contribution is 5.31. The van der Waals surface area contributed by atoms with E-state index < -0.39 is 6.10 Å². The van der Waals surface area contributed by atoms with Gasteiger partial charge in [0.15, 0.2) is 0 Å². The molecule has 1 rings (SSSR count). The quantitative estimate of drug-likeness (QED) is 0.823. The van der Waals surface area contributed by atoms with Gasteiger partial charge in [-0.3, -0.25) is 4.90 Å². The number of aryl methyl sites for hydroxylation is 2. The van der Waals surface area contributed by atoms with Crippen LogP contribution >= 0.6 is 0 Å². The molecule has 0 aromatic heterocycles. The maximum absolute atomic E-state index is 10.4. The van der Waals surface area contributed by atoms with Crippen molar-refractivity contribution in [1.29, 1.82) is 0 Å². The van der Waals surface area contributed by atoms with Crippen molar-refractivity contribution < 1.29 is 9.84 Å². The number of ether oxygens (including phenoxy) is 1. The minimum absolute atomic E-state index is 0.399. The van der Waals surface area contributed by atoms with E-state index in [-0.39, 0.29) is 0 Å². The number of hydrogen-bond donors (Lipinski definition) is 1. The zero-order valence-corrected chi connectivity index (χ0v) is 12.8. The van der Waals surface area contributed by atoms with Crippen LogP contribution in [0.25, 0.3) is 0 Å². The van der Waals surface area contributed by atoms with Crippen molar-refractivity contribution in [3.05, 3.63) is 34.9 Å². The van der Waals surface area contributed by atoms with Gasteiger partial charge < -0.3 is 9.84 Å². The third-order valence-corrected chi connectivity index (χ3v) is 3.64. The molecule has 1 unspecified atom stereocenters. The van der Waals surface area contributed by atoms with Gasteiger partial charge in [0.05, 0.1) is 12.7 Å². The molecule has 3 heteroatoms. The highest BCUT2D eigenvalue weighted by atomic mass is 16.5. The summed E-state index contributed by atoms with van der Waals surface area (Å²) in [6.45, 7) is 10.6. The summed E-state index contributed by atoms with van der Waals surface area (Å²) in [5.74, 6) is 0. The van der Waals surface area contributed by atoms with E-state index in [0.29, 0.717) is 19.2 Å². The Morgan fingerprint density at radius 3 is 2.42 bits per heavy atom. The largest absolute Gasteiger partial charge is 0.387 e. The Bertz CT molecular complexity index is 390. The fraction of sp³-hybridized carbons (Fsp3) is 0.625. The van der Waals surface area contributed by atoms with Crippen molar-refractivity contribution in [1.82, 2.24) is 4.90 Å². The van der Waals surface area contributed by atoms with Crippen LogP contribution in [0.2, 0.25) is 0 Å². The van der Waals surface area contributed by atoms with Crippen LogP contribution in [0, 0.1) is 13.8 Å². The van der Waals surface area contributed by atoms with Gasteiger partial charge >= 0.3 is 0 Å². The highest BCUT2D eigenvalue weighted by Crippen LogP contribution is 2.18. The molecule has 0 heterocycles. The van der Waals surface area contributed by atoms with E-state index in [1.807, 2.05) is 6.07 Å². The van der Waals surface area contributed by atoms with Crippen LogP contribution in [0.1, 0.15) is 36.6 Å². The highest BCUT2D eigenvalue weighted by Gasteiger charge is 2.16. The Morgan fingerprint density at radius 1 is 1.21 bits per heavy atom. The first-order chi connectivity index (χ1) is 8.95. The molecule has 0 saturated heterocycles. The normalized spacial score (nSPS) is 13.3. The summed E-state index contributed by atoms with van der Waals surface area (Å²) in [4.78, 5) is 2.24. The van der Waals surface area contributed by atoms with Crippen LogP contribution in [0.4, 0.5) is 0 Å². The molecule has 19 heavy (non-hydrogen) atoms. The second-order valence-electron chi connectivity index (χ2n) is 5.44. The van der Waals surface area contributed by atoms with Gasteiger partial charge in [0.25, 0.3) is 0 Å². The van der Waals surface area contributed by atoms with Crippen LogP contribution in [0.15, 0.2) is 18.2 Å². The number of hydrogen-bond acceptors (Lipinski definition) is 3. The predicted molar refractivity (Wildman–Crippen MR) is 79.5 cm³/mol. The average molecular weight is 265 g/mol. The molecule has 1 atom stereocenters. The monoisotopic (exact) mass is 265 g/mol. The summed E-state index contributed by atoms with van der Waals surface area (Å²) in [6, 6.07) is 6.57. The van der Waals surface area contributed by atoms with E-state index in [1.54, 1.807) is 7.11 Å². The molecule has 0 saturated carbocycles. The Morgan fingerprint density at radius 2 is 1.89 bits per heavy atom. The molecule has 0 aliphatic carbocycles. The molecule has 1 aromatic carbocycles. The Hall–Kier alpha value is -0.900. The topological polar surface area (TPSA) is 32.7 Å². The third kappa shape index (κ3) is 4.94. The summed E-state index contributed by atoms with van der Waals surface area (Å²) >= 11 is 0. The van der Waals surface area contributed by atoms with Gasteiger partial charge in [-0.2, -0.15) is 0 Å². The maximum Gasteiger partial charge on any atom is 0.0917 e. The average Bonchev–Trinajstić information content (AvgIpc) is 2.37. The first-order valence-corrected chi connectivity index (χ1v) is 6.94. The Kier molecular flexibility index (Phi) is 6.49. The van der Waals surface area contributed by atoms with Gasteiger partial charge in [-0.15, -0.1) is 0 Å². The molecule has 0 aliphatic rings. The van der Waals surface area contributed by atoms with Crippen molar-refractivity contribution in [3.8, 4) is 0 Å². The van der Waals surface area contributed by atoms with E-state index in [9.17, 15) is 5.11 Å². The first-order valence-electron chi connectivity index (χ1n) is 6.94. The van der Waals surface area contributed by atoms with Crippen LogP contribution in [-0.4, -0.2) is 42.9 Å². The molecular weight excluding hydrogens is 238 g/mol. The van der Waals surface area contributed by atoms with Crippen LogP contribution in [0.3, 0.4) is 0 Å². The van der Waals surface area contributed by atoms with Gasteiger partial charge in [0.1, 0.15) is 0 Å². The molecule has 0 radical (unpaired) electrons. The van der Waals surface area contributed by atoms with Crippen LogP contribution < -0.4 is 0 Å². The smallest absolute Gasteiger partial charge is 0.0917 e. The molecule has 0 fully saturated rings. The number of rotatable bonds is 7. The molecule has 108 valence electrons. The molecule has 0 amide bonds. The zero-order chi connectivity index (χ0) is 14.4. The third-order valence-electron chi connectivity index (χ3n) is 3.64. The molecule has 0 spiro atoms. The van der Waals surface area contributed by atoms with Gasteiger partial charge in [0, 0.05) is 26.2 Å².